The van der Waals surface area contributed by atoms with Gasteiger partial charge < -0.3 is 5.73 Å². The van der Waals surface area contributed by atoms with Gasteiger partial charge in [-0.05, 0) is 56.5 Å². The van der Waals surface area contributed by atoms with Crippen molar-refractivity contribution in [1.29, 1.82) is 0 Å². The Labute approximate surface area is 107 Å². The van der Waals surface area contributed by atoms with Crippen molar-refractivity contribution >= 4 is 0 Å². The summed E-state index contributed by atoms with van der Waals surface area (Å²) in [4.78, 5) is 2.77. The molecule has 2 fully saturated rings. The molecule has 0 aromatic rings. The first-order chi connectivity index (χ1) is 8.24. The molecule has 1 aliphatic carbocycles. The average Bonchev–Trinajstić information content (AvgIpc) is 2.78. The van der Waals surface area contributed by atoms with Crippen molar-refractivity contribution in [2.24, 2.45) is 23.5 Å². The molecule has 1 heterocycles. The van der Waals surface area contributed by atoms with Crippen LogP contribution in [0.4, 0.5) is 0 Å². The molecule has 2 aliphatic rings. The monoisotopic (exact) mass is 238 g/mol. The Balaban J connectivity index is 1.91. The molecule has 0 aromatic heterocycles. The van der Waals surface area contributed by atoms with Crippen molar-refractivity contribution < 1.29 is 0 Å². The van der Waals surface area contributed by atoms with Crippen molar-refractivity contribution in [3.63, 3.8) is 0 Å². The summed E-state index contributed by atoms with van der Waals surface area (Å²) in [7, 11) is 0. The molecule has 2 rings (SSSR count). The second-order valence-electron chi connectivity index (χ2n) is 6.42. The van der Waals surface area contributed by atoms with Crippen molar-refractivity contribution in [3.05, 3.63) is 0 Å². The first-order valence-electron chi connectivity index (χ1n) is 7.68. The van der Waals surface area contributed by atoms with Gasteiger partial charge in [-0.1, -0.05) is 26.7 Å². The van der Waals surface area contributed by atoms with E-state index in [9.17, 15) is 0 Å². The molecule has 4 atom stereocenters. The molecule has 4 unspecified atom stereocenters. The zero-order chi connectivity index (χ0) is 12.3. The van der Waals surface area contributed by atoms with Gasteiger partial charge in [-0.2, -0.15) is 0 Å². The van der Waals surface area contributed by atoms with Gasteiger partial charge in [0.1, 0.15) is 0 Å². The number of likely N-dealkylation sites (tertiary alicyclic amines) is 1. The predicted molar refractivity (Wildman–Crippen MR) is 73.9 cm³/mol. The number of nitrogens with two attached hydrogens (primary N) is 1. The van der Waals surface area contributed by atoms with Crippen LogP contribution >= 0.6 is 0 Å². The van der Waals surface area contributed by atoms with Crippen LogP contribution in [0.2, 0.25) is 0 Å². The Morgan fingerprint density at radius 2 is 2.06 bits per heavy atom. The molecule has 17 heavy (non-hydrogen) atoms. The van der Waals surface area contributed by atoms with Crippen LogP contribution in [0.25, 0.3) is 0 Å². The van der Waals surface area contributed by atoms with E-state index in [2.05, 4.69) is 18.7 Å². The van der Waals surface area contributed by atoms with Crippen molar-refractivity contribution in [3.8, 4) is 0 Å². The summed E-state index contributed by atoms with van der Waals surface area (Å²) in [6.07, 6.45) is 8.34. The summed E-state index contributed by atoms with van der Waals surface area (Å²) in [5.41, 5.74) is 5.97. The minimum Gasteiger partial charge on any atom is -0.330 e. The maximum absolute atomic E-state index is 5.97. The molecule has 2 N–H and O–H groups in total. The third-order valence-corrected chi connectivity index (χ3v) is 5.00. The minimum absolute atomic E-state index is 0.770. The second kappa shape index (κ2) is 6.19. The first-order valence-corrected chi connectivity index (χ1v) is 7.68. The van der Waals surface area contributed by atoms with E-state index in [1.54, 1.807) is 0 Å². The van der Waals surface area contributed by atoms with Gasteiger partial charge in [0.2, 0.25) is 0 Å². The van der Waals surface area contributed by atoms with Crippen molar-refractivity contribution in [2.45, 2.75) is 58.4 Å². The summed E-state index contributed by atoms with van der Waals surface area (Å²) in [5.74, 6) is 2.65. The second-order valence-corrected chi connectivity index (χ2v) is 6.42. The van der Waals surface area contributed by atoms with E-state index in [1.165, 1.54) is 51.6 Å². The standard InChI is InChI=1S/C15H30N2/c1-3-4-13-7-8-17(11-13)15-9-12(2)5-6-14(15)10-16/h12-15H,3-11,16H2,1-2H3. The lowest BCUT2D eigenvalue weighted by Gasteiger charge is -2.40. The normalized spacial score (nSPS) is 39.7. The molecule has 2 nitrogen and oxygen atoms in total. The van der Waals surface area contributed by atoms with Gasteiger partial charge in [0, 0.05) is 12.6 Å². The smallest absolute Gasteiger partial charge is 0.0138 e. The maximum atomic E-state index is 5.97. The molecule has 0 radical (unpaired) electrons. The van der Waals surface area contributed by atoms with Gasteiger partial charge in [-0.25, -0.2) is 0 Å². The van der Waals surface area contributed by atoms with Crippen LogP contribution in [0.5, 0.6) is 0 Å². The lowest BCUT2D eigenvalue weighted by atomic mass is 9.78. The molecular weight excluding hydrogens is 208 g/mol. The van der Waals surface area contributed by atoms with E-state index in [0.29, 0.717) is 0 Å². The summed E-state index contributed by atoms with van der Waals surface area (Å²) in [6, 6.07) is 0.797. The lowest BCUT2D eigenvalue weighted by Crippen LogP contribution is -2.45. The average molecular weight is 238 g/mol. The molecular formula is C15H30N2. The van der Waals surface area contributed by atoms with E-state index < -0.39 is 0 Å². The molecule has 0 spiro atoms. The van der Waals surface area contributed by atoms with E-state index in [-0.39, 0.29) is 0 Å². The highest BCUT2D eigenvalue weighted by Gasteiger charge is 2.35. The summed E-state index contributed by atoms with van der Waals surface area (Å²) in [5, 5.41) is 0. The number of nitrogens with zero attached hydrogens (tertiary/aromatic N) is 1. The van der Waals surface area contributed by atoms with Gasteiger partial charge >= 0.3 is 0 Å². The fourth-order valence-corrected chi connectivity index (χ4v) is 3.94. The molecule has 0 aromatic carbocycles. The van der Waals surface area contributed by atoms with Crippen LogP contribution in [-0.2, 0) is 0 Å². The van der Waals surface area contributed by atoms with E-state index >= 15 is 0 Å². The van der Waals surface area contributed by atoms with Crippen LogP contribution in [-0.4, -0.2) is 30.6 Å². The quantitative estimate of drug-likeness (QED) is 0.816. The molecule has 1 saturated carbocycles. The zero-order valence-electron chi connectivity index (χ0n) is 11.7. The van der Waals surface area contributed by atoms with Gasteiger partial charge in [0.25, 0.3) is 0 Å². The van der Waals surface area contributed by atoms with Gasteiger partial charge in [-0.15, -0.1) is 0 Å². The highest BCUT2D eigenvalue weighted by Crippen LogP contribution is 2.35. The molecule has 0 bridgehead atoms. The van der Waals surface area contributed by atoms with Crippen LogP contribution in [0.15, 0.2) is 0 Å². The predicted octanol–water partition coefficient (Wildman–Crippen LogP) is 2.87. The van der Waals surface area contributed by atoms with E-state index in [4.69, 9.17) is 5.73 Å². The Bertz CT molecular complexity index is 229. The van der Waals surface area contributed by atoms with Gasteiger partial charge in [0.15, 0.2) is 0 Å². The van der Waals surface area contributed by atoms with Gasteiger partial charge in [0.05, 0.1) is 0 Å². The summed E-state index contributed by atoms with van der Waals surface area (Å²) in [6.45, 7) is 8.31. The SMILES string of the molecule is CCCC1CCN(C2CC(C)CCC2CN)C1. The maximum Gasteiger partial charge on any atom is 0.0138 e. The largest absolute Gasteiger partial charge is 0.330 e. The van der Waals surface area contributed by atoms with Crippen LogP contribution in [0.3, 0.4) is 0 Å². The van der Waals surface area contributed by atoms with E-state index in [1.807, 2.05) is 0 Å². The summed E-state index contributed by atoms with van der Waals surface area (Å²) >= 11 is 0. The van der Waals surface area contributed by atoms with Gasteiger partial charge in [-0.3, -0.25) is 4.90 Å². The molecule has 2 heteroatoms. The fourth-order valence-electron chi connectivity index (χ4n) is 3.94. The Kier molecular flexibility index (Phi) is 4.87. The number of hydrogen-bond acceptors (Lipinski definition) is 2. The number of hydrogen-bond donors (Lipinski definition) is 1. The van der Waals surface area contributed by atoms with E-state index in [0.717, 1.165) is 30.3 Å². The molecule has 1 saturated heterocycles. The topological polar surface area (TPSA) is 29.3 Å². The lowest BCUT2D eigenvalue weighted by molar-refractivity contribution is 0.103. The van der Waals surface area contributed by atoms with Crippen LogP contribution in [0, 0.1) is 17.8 Å². The highest BCUT2D eigenvalue weighted by atomic mass is 15.2. The van der Waals surface area contributed by atoms with Crippen LogP contribution < -0.4 is 5.73 Å². The van der Waals surface area contributed by atoms with Crippen LogP contribution in [0.1, 0.15) is 52.4 Å². The van der Waals surface area contributed by atoms with Crippen molar-refractivity contribution in [2.75, 3.05) is 19.6 Å². The Morgan fingerprint density at radius 1 is 1.24 bits per heavy atom. The zero-order valence-corrected chi connectivity index (χ0v) is 11.7. The summed E-state index contributed by atoms with van der Waals surface area (Å²) < 4.78 is 0. The Hall–Kier alpha value is -0.0800. The first kappa shape index (κ1) is 13.4. The Morgan fingerprint density at radius 3 is 2.76 bits per heavy atom. The van der Waals surface area contributed by atoms with Crippen molar-refractivity contribution in [1.82, 2.24) is 4.90 Å². The fraction of sp³-hybridized carbons (Fsp3) is 1.00. The minimum atomic E-state index is 0.770. The third-order valence-electron chi connectivity index (χ3n) is 5.00. The molecule has 0 amide bonds. The molecule has 100 valence electrons. The number of rotatable bonds is 4. The molecule has 1 aliphatic heterocycles. The highest BCUT2D eigenvalue weighted by molar-refractivity contribution is 4.90. The third kappa shape index (κ3) is 3.23.